The van der Waals surface area contributed by atoms with Crippen LogP contribution in [-0.4, -0.2) is 9.13 Å². The van der Waals surface area contributed by atoms with Crippen LogP contribution in [0.5, 0.6) is 0 Å². The maximum absolute atomic E-state index is 6.27. The van der Waals surface area contributed by atoms with Gasteiger partial charge < -0.3 is 27.8 Å². The molecule has 608 valence electrons. The van der Waals surface area contributed by atoms with Crippen molar-refractivity contribution in [1.82, 2.24) is 9.13 Å². The molecule has 0 aliphatic heterocycles. The van der Waals surface area contributed by atoms with Crippen molar-refractivity contribution in [3.8, 4) is 78.1 Å². The van der Waals surface area contributed by atoms with Crippen LogP contribution in [0.2, 0.25) is 0 Å². The lowest BCUT2D eigenvalue weighted by molar-refractivity contribution is 0.668. The summed E-state index contributed by atoms with van der Waals surface area (Å²) >= 11 is 0. The van der Waals surface area contributed by atoms with Crippen molar-refractivity contribution in [2.45, 2.75) is 0 Å². The summed E-state index contributed by atoms with van der Waals surface area (Å²) in [5, 5.41) is 19.5. The second-order valence-corrected chi connectivity index (χ2v) is 33.8. The molecule has 22 aromatic carbocycles. The van der Waals surface area contributed by atoms with Crippen molar-refractivity contribution in [3.05, 3.63) is 485 Å². The Bertz CT molecular complexity index is 8790. The summed E-state index contributed by atoms with van der Waals surface area (Å²) in [5.74, 6) is 0. The van der Waals surface area contributed by atoms with Crippen molar-refractivity contribution in [2.75, 3.05) is 9.80 Å². The average Bonchev–Trinajstić information content (AvgIpc) is 0.941. The third-order valence-electron chi connectivity index (χ3n) is 26.4. The number of fused-ring (bicyclic) bond motifs is 18. The topological polar surface area (TPSA) is 42.6 Å². The maximum Gasteiger partial charge on any atom is 0.136 e. The van der Waals surface area contributed by atoms with E-state index >= 15 is 0 Å². The monoisotopic (exact) mass is 1660 g/mol. The van der Waals surface area contributed by atoms with Gasteiger partial charge in [0.1, 0.15) is 22.3 Å². The van der Waals surface area contributed by atoms with Gasteiger partial charge in [-0.25, -0.2) is 0 Å². The molecule has 4 aromatic heterocycles. The molecule has 0 amide bonds. The zero-order valence-corrected chi connectivity index (χ0v) is 70.8. The number of benzene rings is 22. The normalized spacial score (nSPS) is 11.7. The van der Waals surface area contributed by atoms with Gasteiger partial charge in [-0.3, -0.25) is 0 Å². The molecule has 0 aliphatic carbocycles. The minimum absolute atomic E-state index is 0.899. The molecular weight excluding hydrogens is 1580 g/mol. The lowest BCUT2D eigenvalue weighted by Gasteiger charge is -2.28. The van der Waals surface area contributed by atoms with E-state index in [0.717, 1.165) is 117 Å². The highest BCUT2D eigenvalue weighted by Crippen LogP contribution is 2.47. The summed E-state index contributed by atoms with van der Waals surface area (Å²) in [6, 6.07) is 176. The van der Waals surface area contributed by atoms with Crippen molar-refractivity contribution in [1.29, 1.82) is 0 Å². The molecule has 6 heteroatoms. The van der Waals surface area contributed by atoms with Crippen LogP contribution in [0.4, 0.5) is 34.1 Å². The zero-order chi connectivity index (χ0) is 85.7. The minimum Gasteiger partial charge on any atom is -0.456 e. The second kappa shape index (κ2) is 31.4. The molecule has 0 fully saturated rings. The first-order valence-corrected chi connectivity index (χ1v) is 44.5. The SMILES string of the molecule is c1cc(-c2ccc(N(c3ccc(-c4ccc5c(c4)oc4ccccc45)cc3)c3ccc4ccc5ccccc5c4c3)cc2)cc(-c2ccc(-n3c4ccccc4c4ccccc43)cc2)c1.c1cc(-c2ccc(N(c3ccc(-c4ccc5c(c4)oc4ccccc45)cc3)c3cccc4ccc5ccccc5c34)cc2)cc(-c2ccc(-n3c4ccccc4c4ccccc43)cc2)c1. The molecule has 26 aromatic rings. The highest BCUT2D eigenvalue weighted by atomic mass is 16.3. The van der Waals surface area contributed by atoms with Crippen LogP contribution < -0.4 is 9.80 Å². The van der Waals surface area contributed by atoms with Crippen LogP contribution in [0.15, 0.2) is 494 Å². The molecule has 0 aliphatic rings. The fraction of sp³-hybridized carbons (Fsp3) is 0. The van der Waals surface area contributed by atoms with Gasteiger partial charge >= 0.3 is 0 Å². The van der Waals surface area contributed by atoms with E-state index in [4.69, 9.17) is 8.83 Å². The van der Waals surface area contributed by atoms with Gasteiger partial charge in [0.15, 0.2) is 0 Å². The van der Waals surface area contributed by atoms with E-state index in [2.05, 4.69) is 480 Å². The van der Waals surface area contributed by atoms with E-state index in [1.165, 1.54) is 126 Å². The van der Waals surface area contributed by atoms with Gasteiger partial charge in [0.05, 0.1) is 27.8 Å². The number of hydrogen-bond acceptors (Lipinski definition) is 4. The third kappa shape index (κ3) is 13.2. The first kappa shape index (κ1) is 75.2. The van der Waals surface area contributed by atoms with Gasteiger partial charge in [-0.15, -0.1) is 0 Å². The number of para-hydroxylation sites is 6. The predicted octanol–water partition coefficient (Wildman–Crippen LogP) is 34.9. The van der Waals surface area contributed by atoms with E-state index in [9.17, 15) is 0 Å². The molecule has 6 nitrogen and oxygen atoms in total. The highest BCUT2D eigenvalue weighted by molar-refractivity contribution is 6.17. The predicted molar refractivity (Wildman–Crippen MR) is 548 cm³/mol. The van der Waals surface area contributed by atoms with Crippen LogP contribution >= 0.6 is 0 Å². The fourth-order valence-electron chi connectivity index (χ4n) is 20.0. The molecule has 0 radical (unpaired) electrons. The van der Waals surface area contributed by atoms with Crippen LogP contribution in [0, 0.1) is 0 Å². The van der Waals surface area contributed by atoms with E-state index in [-0.39, 0.29) is 0 Å². The molecule has 26 rings (SSSR count). The van der Waals surface area contributed by atoms with Crippen LogP contribution in [0.3, 0.4) is 0 Å². The second-order valence-electron chi connectivity index (χ2n) is 33.8. The van der Waals surface area contributed by atoms with Crippen LogP contribution in [0.25, 0.3) is 209 Å². The summed E-state index contributed by atoms with van der Waals surface area (Å²) in [7, 11) is 0. The number of nitrogens with zero attached hydrogens (tertiary/aromatic N) is 4. The largest absolute Gasteiger partial charge is 0.456 e. The maximum atomic E-state index is 6.27. The first-order valence-electron chi connectivity index (χ1n) is 44.5. The quantitative estimate of drug-likeness (QED) is 0.102. The van der Waals surface area contributed by atoms with Gasteiger partial charge in [-0.2, -0.15) is 0 Å². The molecule has 0 bridgehead atoms. The Kier molecular flexibility index (Phi) is 18.2. The molecule has 4 heterocycles. The Balaban J connectivity index is 0.000000140. The number of hydrogen-bond donors (Lipinski definition) is 0. The Morgan fingerprint density at radius 1 is 0.154 bits per heavy atom. The Morgan fingerprint density at radius 3 is 0.862 bits per heavy atom. The molecule has 0 saturated heterocycles. The van der Waals surface area contributed by atoms with Crippen molar-refractivity contribution < 1.29 is 8.83 Å². The van der Waals surface area contributed by atoms with Gasteiger partial charge in [0.25, 0.3) is 0 Å². The van der Waals surface area contributed by atoms with E-state index in [0.29, 0.717) is 0 Å². The Morgan fingerprint density at radius 2 is 0.438 bits per heavy atom. The lowest BCUT2D eigenvalue weighted by Crippen LogP contribution is -2.10. The van der Waals surface area contributed by atoms with Crippen molar-refractivity contribution in [3.63, 3.8) is 0 Å². The molecular formula is C124H80N4O2. The summed E-state index contributed by atoms with van der Waals surface area (Å²) in [4.78, 5) is 4.77. The van der Waals surface area contributed by atoms with Crippen LogP contribution in [-0.2, 0) is 0 Å². The summed E-state index contributed by atoms with van der Waals surface area (Å²) in [6.07, 6.45) is 0. The molecule has 0 atom stereocenters. The summed E-state index contributed by atoms with van der Waals surface area (Å²) in [6.45, 7) is 0. The molecule has 0 unspecified atom stereocenters. The lowest BCUT2D eigenvalue weighted by atomic mass is 9.97. The van der Waals surface area contributed by atoms with E-state index in [1.807, 2.05) is 24.3 Å². The number of aromatic nitrogens is 2. The van der Waals surface area contributed by atoms with E-state index < -0.39 is 0 Å². The van der Waals surface area contributed by atoms with E-state index in [1.54, 1.807) is 0 Å². The Hall–Kier alpha value is -17.3. The number of rotatable bonds is 14. The molecule has 0 saturated carbocycles. The molecule has 0 spiro atoms. The zero-order valence-electron chi connectivity index (χ0n) is 70.8. The third-order valence-corrected chi connectivity index (χ3v) is 26.4. The molecule has 0 N–H and O–H groups in total. The summed E-state index contributed by atoms with van der Waals surface area (Å²) < 4.78 is 17.3. The Labute approximate surface area is 750 Å². The van der Waals surface area contributed by atoms with Crippen LogP contribution in [0.1, 0.15) is 0 Å². The highest BCUT2D eigenvalue weighted by Gasteiger charge is 2.23. The smallest absolute Gasteiger partial charge is 0.136 e. The summed E-state index contributed by atoms with van der Waals surface area (Å²) in [5.41, 5.74) is 31.3. The van der Waals surface area contributed by atoms with Gasteiger partial charge in [0, 0.05) is 88.3 Å². The fourth-order valence-corrected chi connectivity index (χ4v) is 20.0. The van der Waals surface area contributed by atoms with Gasteiger partial charge in [0.2, 0.25) is 0 Å². The molecule has 130 heavy (non-hydrogen) atoms. The van der Waals surface area contributed by atoms with Crippen molar-refractivity contribution >= 4 is 165 Å². The van der Waals surface area contributed by atoms with Crippen molar-refractivity contribution in [2.24, 2.45) is 0 Å². The number of furan rings is 2. The number of anilines is 6. The average molecular weight is 1660 g/mol. The minimum atomic E-state index is 0.899. The standard InChI is InChI=1S/2C62H40N2O/c1-2-15-52-44(11-1)23-24-45-12-10-21-59(62(45)52)63(50-34-27-43(28-35-50)48-31-38-56-55-18-5-8-22-60(55)65-61(56)40-48)49-32-25-41(26-33-49)46-13-9-14-47(39-46)42-29-36-51(37-30-42)64-57-19-6-3-16-53(57)54-17-4-7-20-58(54)64;1-2-13-53-44(10-1)20-21-45-28-36-52(40-58(45)53)63(50-32-24-43(25-33-50)48-29-37-57-56-16-5-8-19-61(56)65-62(57)39-48)49-30-22-41(23-31-49)46-11-9-12-47(38-46)42-26-34-51(35-27-42)64-59-17-6-3-14-54(59)55-15-4-7-18-60(55)64/h2*1-40H. The van der Waals surface area contributed by atoms with Gasteiger partial charge in [-0.1, -0.05) is 322 Å². The first-order chi connectivity index (χ1) is 64.4. The van der Waals surface area contributed by atoms with Gasteiger partial charge in [-0.05, 0) is 268 Å².